The fraction of sp³-hybridized carbons (Fsp3) is 0.727. The predicted molar refractivity (Wildman–Crippen MR) is 61.9 cm³/mol. The molecule has 4 nitrogen and oxygen atoms in total. The lowest BCUT2D eigenvalue weighted by Gasteiger charge is -2.32. The molecular formula is C11H19BO4. The SMILES string of the molecule is COC(=O)C(C)=CB1OC(C)(C)C(C)(C)O1. The van der Waals surface area contributed by atoms with Gasteiger partial charge < -0.3 is 14.0 Å². The zero-order valence-electron chi connectivity index (χ0n) is 10.8. The van der Waals surface area contributed by atoms with Crippen molar-refractivity contribution in [2.24, 2.45) is 0 Å². The van der Waals surface area contributed by atoms with Gasteiger partial charge in [0.25, 0.3) is 0 Å². The molecule has 0 atom stereocenters. The Morgan fingerprint density at radius 2 is 1.62 bits per heavy atom. The van der Waals surface area contributed by atoms with E-state index in [0.717, 1.165) is 0 Å². The Balaban J connectivity index is 2.78. The van der Waals surface area contributed by atoms with Crippen LogP contribution < -0.4 is 0 Å². The Bertz CT molecular complexity index is 304. The zero-order valence-corrected chi connectivity index (χ0v) is 10.8. The van der Waals surface area contributed by atoms with E-state index < -0.39 is 7.12 Å². The average Bonchev–Trinajstić information content (AvgIpc) is 2.33. The molecule has 1 aliphatic rings. The summed E-state index contributed by atoms with van der Waals surface area (Å²) < 4.78 is 16.1. The smallest absolute Gasteiger partial charge is 0.466 e. The van der Waals surface area contributed by atoms with Crippen LogP contribution in [0.25, 0.3) is 0 Å². The first-order valence-corrected chi connectivity index (χ1v) is 5.32. The molecule has 1 fully saturated rings. The molecule has 1 aliphatic heterocycles. The second-order valence-corrected chi connectivity index (χ2v) is 4.97. The fourth-order valence-electron chi connectivity index (χ4n) is 1.39. The van der Waals surface area contributed by atoms with E-state index >= 15 is 0 Å². The van der Waals surface area contributed by atoms with Gasteiger partial charge in [-0.15, -0.1) is 0 Å². The average molecular weight is 226 g/mol. The summed E-state index contributed by atoms with van der Waals surface area (Å²) in [7, 11) is 0.855. The molecule has 1 rings (SSSR count). The largest absolute Gasteiger partial charge is 0.487 e. The Morgan fingerprint density at radius 1 is 1.19 bits per heavy atom. The third-order valence-corrected chi connectivity index (χ3v) is 3.16. The zero-order chi connectivity index (χ0) is 12.6. The number of hydrogen-bond donors (Lipinski definition) is 0. The molecule has 0 aliphatic carbocycles. The first-order chi connectivity index (χ1) is 7.19. The van der Waals surface area contributed by atoms with Gasteiger partial charge in [-0.05, 0) is 40.6 Å². The highest BCUT2D eigenvalue weighted by molar-refractivity contribution is 6.52. The van der Waals surface area contributed by atoms with Crippen LogP contribution in [0.4, 0.5) is 0 Å². The lowest BCUT2D eigenvalue weighted by atomic mass is 9.87. The normalized spacial score (nSPS) is 23.4. The minimum Gasteiger partial charge on any atom is -0.466 e. The lowest BCUT2D eigenvalue weighted by molar-refractivity contribution is -0.136. The van der Waals surface area contributed by atoms with Crippen LogP contribution in [0.15, 0.2) is 11.5 Å². The molecule has 0 bridgehead atoms. The number of rotatable bonds is 2. The summed E-state index contributed by atoms with van der Waals surface area (Å²) in [6.07, 6.45) is 0. The van der Waals surface area contributed by atoms with Gasteiger partial charge in [0.2, 0.25) is 0 Å². The quantitative estimate of drug-likeness (QED) is 0.408. The van der Waals surface area contributed by atoms with Gasteiger partial charge in [-0.1, -0.05) is 0 Å². The third-order valence-electron chi connectivity index (χ3n) is 3.16. The molecule has 1 heterocycles. The summed E-state index contributed by atoms with van der Waals surface area (Å²) >= 11 is 0. The molecule has 5 heteroatoms. The van der Waals surface area contributed by atoms with Crippen molar-refractivity contribution in [1.29, 1.82) is 0 Å². The molecule has 90 valence electrons. The van der Waals surface area contributed by atoms with Crippen LogP contribution in [0.5, 0.6) is 0 Å². The molecule has 1 saturated heterocycles. The lowest BCUT2D eigenvalue weighted by Crippen LogP contribution is -2.41. The monoisotopic (exact) mass is 226 g/mol. The van der Waals surface area contributed by atoms with Crippen LogP contribution in [-0.2, 0) is 18.8 Å². The second-order valence-electron chi connectivity index (χ2n) is 4.97. The van der Waals surface area contributed by atoms with Crippen LogP contribution in [-0.4, -0.2) is 31.4 Å². The molecule has 0 aromatic heterocycles. The molecular weight excluding hydrogens is 207 g/mol. The fourth-order valence-corrected chi connectivity index (χ4v) is 1.39. The van der Waals surface area contributed by atoms with Gasteiger partial charge in [0.15, 0.2) is 0 Å². The first-order valence-electron chi connectivity index (χ1n) is 5.32. The van der Waals surface area contributed by atoms with Gasteiger partial charge in [0.1, 0.15) is 0 Å². The number of carbonyl (C=O) groups is 1. The maximum Gasteiger partial charge on any atom is 0.487 e. The van der Waals surface area contributed by atoms with E-state index in [1.807, 2.05) is 27.7 Å². The van der Waals surface area contributed by atoms with E-state index in [2.05, 4.69) is 4.74 Å². The van der Waals surface area contributed by atoms with Crippen LogP contribution >= 0.6 is 0 Å². The van der Waals surface area contributed by atoms with E-state index in [0.29, 0.717) is 5.57 Å². The Labute approximate surface area is 97.1 Å². The minimum atomic E-state index is -0.496. The van der Waals surface area contributed by atoms with Crippen LogP contribution in [0.1, 0.15) is 34.6 Å². The van der Waals surface area contributed by atoms with E-state index in [4.69, 9.17) is 9.31 Å². The number of carbonyl (C=O) groups excluding carboxylic acids is 1. The Morgan fingerprint density at radius 3 is 2.00 bits per heavy atom. The number of hydrogen-bond acceptors (Lipinski definition) is 4. The molecule has 0 radical (unpaired) electrons. The molecule has 0 saturated carbocycles. The molecule has 16 heavy (non-hydrogen) atoms. The maximum atomic E-state index is 11.2. The molecule has 0 unspecified atom stereocenters. The standard InChI is InChI=1S/C11H19BO4/c1-8(9(13)14-6)7-12-15-10(2,3)11(4,5)16-12/h7H,1-6H3. The van der Waals surface area contributed by atoms with Gasteiger partial charge in [0, 0.05) is 5.57 Å². The molecule has 0 N–H and O–H groups in total. The third kappa shape index (κ3) is 2.47. The highest BCUT2D eigenvalue weighted by Gasteiger charge is 2.50. The highest BCUT2D eigenvalue weighted by atomic mass is 16.7. The number of methoxy groups -OCH3 is 1. The van der Waals surface area contributed by atoms with Crippen molar-refractivity contribution in [1.82, 2.24) is 0 Å². The van der Waals surface area contributed by atoms with E-state index in [-0.39, 0.29) is 17.2 Å². The number of ether oxygens (including phenoxy) is 1. The van der Waals surface area contributed by atoms with Gasteiger partial charge in [-0.25, -0.2) is 4.79 Å². The van der Waals surface area contributed by atoms with Gasteiger partial charge in [0.05, 0.1) is 18.3 Å². The molecule has 0 spiro atoms. The van der Waals surface area contributed by atoms with Crippen molar-refractivity contribution < 1.29 is 18.8 Å². The van der Waals surface area contributed by atoms with Crippen LogP contribution in [0.3, 0.4) is 0 Å². The van der Waals surface area contributed by atoms with Crippen LogP contribution in [0.2, 0.25) is 0 Å². The van der Waals surface area contributed by atoms with Crippen molar-refractivity contribution >= 4 is 13.1 Å². The first kappa shape index (κ1) is 13.3. The number of esters is 1. The summed E-state index contributed by atoms with van der Waals surface area (Å²) in [6, 6.07) is 0. The molecule has 0 aromatic carbocycles. The molecule has 0 aromatic rings. The summed E-state index contributed by atoms with van der Waals surface area (Å²) in [5.41, 5.74) is -0.282. The van der Waals surface area contributed by atoms with Gasteiger partial charge in [-0.3, -0.25) is 0 Å². The van der Waals surface area contributed by atoms with E-state index in [1.54, 1.807) is 12.9 Å². The summed E-state index contributed by atoms with van der Waals surface area (Å²) in [5.74, 6) is 1.28. The summed E-state index contributed by atoms with van der Waals surface area (Å²) in [5, 5.41) is 0. The van der Waals surface area contributed by atoms with Crippen molar-refractivity contribution in [3.05, 3.63) is 11.5 Å². The highest BCUT2D eigenvalue weighted by Crippen LogP contribution is 2.37. The van der Waals surface area contributed by atoms with Gasteiger partial charge >= 0.3 is 13.1 Å². The maximum absolute atomic E-state index is 11.2. The topological polar surface area (TPSA) is 44.8 Å². The van der Waals surface area contributed by atoms with E-state index in [9.17, 15) is 4.79 Å². The van der Waals surface area contributed by atoms with Crippen LogP contribution in [0, 0.1) is 0 Å². The minimum absolute atomic E-state index is 0.366. The Hall–Kier alpha value is -0.805. The summed E-state index contributed by atoms with van der Waals surface area (Å²) in [4.78, 5) is 11.2. The van der Waals surface area contributed by atoms with Crippen molar-refractivity contribution in [3.63, 3.8) is 0 Å². The van der Waals surface area contributed by atoms with Crippen molar-refractivity contribution in [3.8, 4) is 0 Å². The van der Waals surface area contributed by atoms with Gasteiger partial charge in [-0.2, -0.15) is 0 Å². The molecule has 0 amide bonds. The Kier molecular flexibility index (Phi) is 3.50. The van der Waals surface area contributed by atoms with E-state index in [1.165, 1.54) is 7.11 Å². The predicted octanol–water partition coefficient (Wildman–Crippen LogP) is 1.74. The van der Waals surface area contributed by atoms with Crippen molar-refractivity contribution in [2.75, 3.05) is 7.11 Å². The van der Waals surface area contributed by atoms with Crippen molar-refractivity contribution in [2.45, 2.75) is 45.8 Å². The second kappa shape index (κ2) is 4.22. The summed E-state index contributed by atoms with van der Waals surface area (Å²) in [6.45, 7) is 9.54.